The van der Waals surface area contributed by atoms with Crippen LogP contribution in [0.2, 0.25) is 0 Å². The summed E-state index contributed by atoms with van der Waals surface area (Å²) in [6, 6.07) is 9.00. The number of carbonyl (C=O) groups is 2. The van der Waals surface area contributed by atoms with Crippen LogP contribution in [0, 0.1) is 5.82 Å². The largest absolute Gasteiger partial charge is 0.465 e. The first-order chi connectivity index (χ1) is 14.5. The van der Waals surface area contributed by atoms with Crippen molar-refractivity contribution < 1.29 is 19.1 Å². The number of carbonyl (C=O) groups excluding carboxylic acids is 1. The molecule has 0 saturated carbocycles. The van der Waals surface area contributed by atoms with Crippen LogP contribution in [0.15, 0.2) is 61.2 Å². The van der Waals surface area contributed by atoms with Crippen molar-refractivity contribution in [3.63, 3.8) is 0 Å². The lowest BCUT2D eigenvalue weighted by Crippen LogP contribution is -2.23. The summed E-state index contributed by atoms with van der Waals surface area (Å²) in [6.45, 7) is 0.196. The molecule has 0 bridgehead atoms. The first-order valence-corrected chi connectivity index (χ1v) is 8.82. The second kappa shape index (κ2) is 7.95. The van der Waals surface area contributed by atoms with Crippen molar-refractivity contribution in [2.24, 2.45) is 0 Å². The molecule has 0 atom stereocenters. The first kappa shape index (κ1) is 19.0. The Bertz CT molecular complexity index is 1220. The van der Waals surface area contributed by atoms with Crippen molar-refractivity contribution in [3.8, 4) is 5.69 Å². The third-order valence-corrected chi connectivity index (χ3v) is 4.33. The number of carboxylic acid groups (broad SMARTS) is 1. The molecule has 0 aliphatic rings. The molecule has 3 aromatic heterocycles. The number of halogens is 1. The summed E-state index contributed by atoms with van der Waals surface area (Å²) >= 11 is 0. The van der Waals surface area contributed by atoms with E-state index < -0.39 is 6.09 Å². The van der Waals surface area contributed by atoms with Crippen LogP contribution < -0.4 is 10.6 Å². The molecular formula is C20H15FN6O3. The van der Waals surface area contributed by atoms with Crippen LogP contribution in [-0.2, 0) is 6.54 Å². The second-order valence-electron chi connectivity index (χ2n) is 6.32. The highest BCUT2D eigenvalue weighted by molar-refractivity contribution is 6.05. The van der Waals surface area contributed by atoms with Crippen molar-refractivity contribution in [2.75, 3.05) is 5.32 Å². The van der Waals surface area contributed by atoms with Crippen molar-refractivity contribution in [2.45, 2.75) is 6.54 Å². The van der Waals surface area contributed by atoms with Gasteiger partial charge in [-0.1, -0.05) is 6.07 Å². The van der Waals surface area contributed by atoms with Crippen molar-refractivity contribution in [1.82, 2.24) is 25.1 Å². The molecule has 4 rings (SSSR count). The van der Waals surface area contributed by atoms with Crippen molar-refractivity contribution in [3.05, 3.63) is 78.1 Å². The number of amides is 2. The van der Waals surface area contributed by atoms with E-state index in [1.54, 1.807) is 35.3 Å². The summed E-state index contributed by atoms with van der Waals surface area (Å²) in [6.07, 6.45) is 4.86. The van der Waals surface area contributed by atoms with Crippen LogP contribution in [-0.4, -0.2) is 36.9 Å². The zero-order valence-corrected chi connectivity index (χ0v) is 15.4. The Balaban J connectivity index is 1.52. The van der Waals surface area contributed by atoms with E-state index in [9.17, 15) is 14.0 Å². The minimum atomic E-state index is -1.20. The van der Waals surface area contributed by atoms with E-state index in [2.05, 4.69) is 25.7 Å². The van der Waals surface area contributed by atoms with Gasteiger partial charge in [-0.05, 0) is 35.9 Å². The topological polar surface area (TPSA) is 122 Å². The van der Waals surface area contributed by atoms with E-state index >= 15 is 0 Å². The van der Waals surface area contributed by atoms with Crippen LogP contribution in [0.3, 0.4) is 0 Å². The normalized spacial score (nSPS) is 10.7. The molecule has 3 N–H and O–H groups in total. The smallest absolute Gasteiger partial charge is 0.410 e. The predicted molar refractivity (Wildman–Crippen MR) is 106 cm³/mol. The third kappa shape index (κ3) is 3.92. The fourth-order valence-corrected chi connectivity index (χ4v) is 2.90. The Hall–Kier alpha value is -4.34. The average Bonchev–Trinajstić information content (AvgIpc) is 3.17. The van der Waals surface area contributed by atoms with E-state index in [4.69, 9.17) is 5.11 Å². The number of nitrogens with one attached hydrogen (secondary N) is 2. The third-order valence-electron chi connectivity index (χ3n) is 4.33. The molecule has 0 spiro atoms. The monoisotopic (exact) mass is 406 g/mol. The van der Waals surface area contributed by atoms with Gasteiger partial charge in [0.05, 0.1) is 29.2 Å². The fraction of sp³-hybridized carbons (Fsp3) is 0.0500. The van der Waals surface area contributed by atoms with Gasteiger partial charge in [-0.3, -0.25) is 15.1 Å². The fourth-order valence-electron chi connectivity index (χ4n) is 2.90. The Labute approximate surface area is 169 Å². The molecule has 0 fully saturated rings. The molecule has 4 aromatic rings. The van der Waals surface area contributed by atoms with Gasteiger partial charge in [0.25, 0.3) is 5.91 Å². The Kier molecular flexibility index (Phi) is 5.04. The molecular weight excluding hydrogens is 391 g/mol. The summed E-state index contributed by atoms with van der Waals surface area (Å²) in [5.41, 5.74) is 2.30. The standard InChI is InChI=1S/C20H15FN6O3/c21-13-2-4-14(5-3-13)27-17-11-22-9-16(15(17)10-25-27)19(28)24-8-12-1-6-18(23-7-12)26-20(29)30/h1-7,9-11H,8H2,(H,23,26)(H,24,28)(H,29,30). The van der Waals surface area contributed by atoms with E-state index in [0.29, 0.717) is 27.7 Å². The molecule has 0 saturated heterocycles. The summed E-state index contributed by atoms with van der Waals surface area (Å²) in [7, 11) is 0. The highest BCUT2D eigenvalue weighted by Crippen LogP contribution is 2.21. The van der Waals surface area contributed by atoms with E-state index in [1.165, 1.54) is 30.6 Å². The van der Waals surface area contributed by atoms with Crippen LogP contribution >= 0.6 is 0 Å². The molecule has 150 valence electrons. The van der Waals surface area contributed by atoms with Crippen LogP contribution in [0.5, 0.6) is 0 Å². The molecule has 1 aromatic carbocycles. The number of anilines is 1. The van der Waals surface area contributed by atoms with Crippen molar-refractivity contribution in [1.29, 1.82) is 0 Å². The van der Waals surface area contributed by atoms with Gasteiger partial charge in [-0.25, -0.2) is 18.9 Å². The van der Waals surface area contributed by atoms with E-state index in [-0.39, 0.29) is 24.1 Å². The lowest BCUT2D eigenvalue weighted by molar-refractivity contribution is 0.0952. The van der Waals surface area contributed by atoms with Gasteiger partial charge in [0.1, 0.15) is 11.6 Å². The number of aromatic nitrogens is 4. The summed E-state index contributed by atoms with van der Waals surface area (Å²) in [5, 5.41) is 18.5. The van der Waals surface area contributed by atoms with Crippen LogP contribution in [0.25, 0.3) is 16.6 Å². The minimum Gasteiger partial charge on any atom is -0.465 e. The number of hydrogen-bond acceptors (Lipinski definition) is 5. The van der Waals surface area contributed by atoms with Gasteiger partial charge in [-0.2, -0.15) is 5.10 Å². The molecule has 0 aliphatic heterocycles. The number of fused-ring (bicyclic) bond motifs is 1. The Morgan fingerprint density at radius 1 is 1.03 bits per heavy atom. The second-order valence-corrected chi connectivity index (χ2v) is 6.32. The maximum absolute atomic E-state index is 13.2. The Morgan fingerprint density at radius 2 is 1.83 bits per heavy atom. The molecule has 0 aliphatic carbocycles. The first-order valence-electron chi connectivity index (χ1n) is 8.82. The molecule has 2 amide bonds. The van der Waals surface area contributed by atoms with Gasteiger partial charge in [0.2, 0.25) is 0 Å². The lowest BCUT2D eigenvalue weighted by Gasteiger charge is -2.07. The van der Waals surface area contributed by atoms with Gasteiger partial charge in [-0.15, -0.1) is 0 Å². The maximum atomic E-state index is 13.2. The molecule has 3 heterocycles. The van der Waals surface area contributed by atoms with Crippen molar-refractivity contribution >= 4 is 28.7 Å². The van der Waals surface area contributed by atoms with Gasteiger partial charge >= 0.3 is 6.09 Å². The number of pyridine rings is 2. The quantitative estimate of drug-likeness (QED) is 0.468. The molecule has 9 nitrogen and oxygen atoms in total. The maximum Gasteiger partial charge on any atom is 0.410 e. The molecule has 30 heavy (non-hydrogen) atoms. The zero-order valence-electron chi connectivity index (χ0n) is 15.4. The van der Waals surface area contributed by atoms with Crippen LogP contribution in [0.4, 0.5) is 15.0 Å². The van der Waals surface area contributed by atoms with Gasteiger partial charge in [0.15, 0.2) is 0 Å². The minimum absolute atomic E-state index is 0.194. The van der Waals surface area contributed by atoms with Crippen LogP contribution in [0.1, 0.15) is 15.9 Å². The molecule has 0 radical (unpaired) electrons. The number of nitrogens with zero attached hydrogens (tertiary/aromatic N) is 4. The highest BCUT2D eigenvalue weighted by Gasteiger charge is 2.15. The SMILES string of the molecule is O=C(O)Nc1ccc(CNC(=O)c2cncc3c2cnn3-c2ccc(F)cc2)cn1. The van der Waals surface area contributed by atoms with E-state index in [1.807, 2.05) is 0 Å². The predicted octanol–water partition coefficient (Wildman–Crippen LogP) is 2.97. The molecule has 0 unspecified atom stereocenters. The number of rotatable bonds is 5. The highest BCUT2D eigenvalue weighted by atomic mass is 19.1. The number of benzene rings is 1. The average molecular weight is 406 g/mol. The van der Waals surface area contributed by atoms with E-state index in [0.717, 1.165) is 0 Å². The van der Waals surface area contributed by atoms with Gasteiger partial charge < -0.3 is 10.4 Å². The lowest BCUT2D eigenvalue weighted by atomic mass is 10.1. The molecule has 10 heteroatoms. The summed E-state index contributed by atoms with van der Waals surface area (Å²) in [5.74, 6) is -0.506. The summed E-state index contributed by atoms with van der Waals surface area (Å²) in [4.78, 5) is 31.4. The zero-order chi connectivity index (χ0) is 21.1. The Morgan fingerprint density at radius 3 is 2.53 bits per heavy atom. The number of hydrogen-bond donors (Lipinski definition) is 3. The summed E-state index contributed by atoms with van der Waals surface area (Å²) < 4.78 is 14.8. The van der Waals surface area contributed by atoms with Gasteiger partial charge in [0, 0.05) is 24.3 Å².